The highest BCUT2D eigenvalue weighted by atomic mass is 35.5. The van der Waals surface area contributed by atoms with E-state index in [2.05, 4.69) is 31.8 Å². The highest BCUT2D eigenvalue weighted by Gasteiger charge is 2.14. The Labute approximate surface area is 90.8 Å². The third kappa shape index (κ3) is 2.58. The predicted molar refractivity (Wildman–Crippen MR) is 63.7 cm³/mol. The van der Waals surface area contributed by atoms with Gasteiger partial charge in [-0.05, 0) is 17.0 Å². The molecule has 1 nitrogen and oxygen atoms in total. The lowest BCUT2D eigenvalue weighted by Gasteiger charge is -2.19. The monoisotopic (exact) mass is 209 g/mol. The van der Waals surface area contributed by atoms with Gasteiger partial charge in [0.05, 0.1) is 0 Å². The van der Waals surface area contributed by atoms with E-state index in [0.717, 1.165) is 10.6 Å². The standard InChI is InChI=1S/C12H16ClN/c1-12(2,3)10-6-5-9(8-14-4)11(13)7-10/h5-8H,1-4H3. The fourth-order valence-corrected chi connectivity index (χ4v) is 1.47. The second kappa shape index (κ2) is 4.14. The lowest BCUT2D eigenvalue weighted by atomic mass is 9.87. The maximum Gasteiger partial charge on any atom is 0.0496 e. The predicted octanol–water partition coefficient (Wildman–Crippen LogP) is 3.69. The fourth-order valence-electron chi connectivity index (χ4n) is 1.24. The third-order valence-electron chi connectivity index (χ3n) is 2.13. The van der Waals surface area contributed by atoms with Crippen molar-refractivity contribution < 1.29 is 0 Å². The molecule has 0 saturated heterocycles. The SMILES string of the molecule is CN=Cc1ccc(C(C)(C)C)cc1Cl. The van der Waals surface area contributed by atoms with Gasteiger partial charge >= 0.3 is 0 Å². The van der Waals surface area contributed by atoms with Crippen LogP contribution >= 0.6 is 11.6 Å². The summed E-state index contributed by atoms with van der Waals surface area (Å²) in [5.74, 6) is 0. The molecular formula is C12H16ClN. The molecule has 0 aliphatic carbocycles. The minimum atomic E-state index is 0.144. The van der Waals surface area contributed by atoms with Crippen LogP contribution in [0.4, 0.5) is 0 Å². The van der Waals surface area contributed by atoms with Crippen molar-refractivity contribution in [2.75, 3.05) is 7.05 Å². The summed E-state index contributed by atoms with van der Waals surface area (Å²) in [6.45, 7) is 6.52. The van der Waals surface area contributed by atoms with Gasteiger partial charge in [0, 0.05) is 23.8 Å². The number of halogens is 1. The molecule has 0 atom stereocenters. The van der Waals surface area contributed by atoms with Gasteiger partial charge in [-0.2, -0.15) is 0 Å². The molecule has 0 saturated carbocycles. The molecule has 0 unspecified atom stereocenters. The van der Waals surface area contributed by atoms with Gasteiger partial charge in [-0.1, -0.05) is 44.5 Å². The quantitative estimate of drug-likeness (QED) is 0.626. The number of aliphatic imine (C=N–C) groups is 1. The Balaban J connectivity index is 3.13. The van der Waals surface area contributed by atoms with Crippen molar-refractivity contribution in [3.8, 4) is 0 Å². The van der Waals surface area contributed by atoms with Gasteiger partial charge in [-0.3, -0.25) is 4.99 Å². The number of benzene rings is 1. The Morgan fingerprint density at radius 1 is 1.29 bits per heavy atom. The van der Waals surface area contributed by atoms with Crippen LogP contribution in [0, 0.1) is 0 Å². The lowest BCUT2D eigenvalue weighted by molar-refractivity contribution is 0.590. The molecule has 1 rings (SSSR count). The molecule has 0 bridgehead atoms. The van der Waals surface area contributed by atoms with Crippen LogP contribution in [-0.2, 0) is 5.41 Å². The van der Waals surface area contributed by atoms with Gasteiger partial charge in [-0.15, -0.1) is 0 Å². The molecule has 0 spiro atoms. The maximum absolute atomic E-state index is 6.12. The minimum Gasteiger partial charge on any atom is -0.296 e. The van der Waals surface area contributed by atoms with Crippen LogP contribution in [0.15, 0.2) is 23.2 Å². The van der Waals surface area contributed by atoms with Gasteiger partial charge in [0.25, 0.3) is 0 Å². The van der Waals surface area contributed by atoms with Gasteiger partial charge < -0.3 is 0 Å². The van der Waals surface area contributed by atoms with Gasteiger partial charge in [0.15, 0.2) is 0 Å². The van der Waals surface area contributed by atoms with E-state index in [1.54, 1.807) is 13.3 Å². The molecular weight excluding hydrogens is 194 g/mol. The molecule has 0 aliphatic rings. The highest BCUT2D eigenvalue weighted by molar-refractivity contribution is 6.33. The van der Waals surface area contributed by atoms with Crippen molar-refractivity contribution in [2.24, 2.45) is 4.99 Å². The van der Waals surface area contributed by atoms with Crippen molar-refractivity contribution in [3.63, 3.8) is 0 Å². The molecule has 0 amide bonds. The minimum absolute atomic E-state index is 0.144. The zero-order valence-electron chi connectivity index (χ0n) is 9.13. The molecule has 2 heteroatoms. The van der Waals surface area contributed by atoms with Crippen molar-refractivity contribution in [1.29, 1.82) is 0 Å². The van der Waals surface area contributed by atoms with E-state index >= 15 is 0 Å². The van der Waals surface area contributed by atoms with Crippen molar-refractivity contribution >= 4 is 17.8 Å². The van der Waals surface area contributed by atoms with Crippen LogP contribution in [0.2, 0.25) is 5.02 Å². The summed E-state index contributed by atoms with van der Waals surface area (Å²) >= 11 is 6.12. The van der Waals surface area contributed by atoms with Crippen LogP contribution in [0.5, 0.6) is 0 Å². The molecule has 1 aromatic carbocycles. The Morgan fingerprint density at radius 2 is 1.93 bits per heavy atom. The number of rotatable bonds is 1. The molecule has 76 valence electrons. The lowest BCUT2D eigenvalue weighted by Crippen LogP contribution is -2.10. The molecule has 0 aliphatic heterocycles. The Kier molecular flexibility index (Phi) is 3.33. The summed E-state index contributed by atoms with van der Waals surface area (Å²) < 4.78 is 0. The third-order valence-corrected chi connectivity index (χ3v) is 2.46. The molecule has 14 heavy (non-hydrogen) atoms. The summed E-state index contributed by atoms with van der Waals surface area (Å²) in [4.78, 5) is 3.95. The van der Waals surface area contributed by atoms with E-state index in [1.807, 2.05) is 12.1 Å². The molecule has 0 radical (unpaired) electrons. The topological polar surface area (TPSA) is 12.4 Å². The van der Waals surface area contributed by atoms with E-state index in [4.69, 9.17) is 11.6 Å². The maximum atomic E-state index is 6.12. The van der Waals surface area contributed by atoms with Crippen LogP contribution in [-0.4, -0.2) is 13.3 Å². The van der Waals surface area contributed by atoms with Crippen LogP contribution in [0.1, 0.15) is 31.9 Å². The average molecular weight is 210 g/mol. The van der Waals surface area contributed by atoms with E-state index in [1.165, 1.54) is 5.56 Å². The van der Waals surface area contributed by atoms with Crippen LogP contribution in [0.3, 0.4) is 0 Å². The summed E-state index contributed by atoms with van der Waals surface area (Å²) in [6.07, 6.45) is 1.77. The van der Waals surface area contributed by atoms with Gasteiger partial charge in [-0.25, -0.2) is 0 Å². The summed E-state index contributed by atoms with van der Waals surface area (Å²) in [5, 5.41) is 0.767. The first-order valence-corrected chi connectivity index (χ1v) is 5.05. The summed E-state index contributed by atoms with van der Waals surface area (Å²) in [6, 6.07) is 6.12. The molecule has 0 heterocycles. The molecule has 0 aromatic heterocycles. The average Bonchev–Trinajstić information content (AvgIpc) is 2.07. The zero-order valence-corrected chi connectivity index (χ0v) is 9.89. The van der Waals surface area contributed by atoms with E-state index in [-0.39, 0.29) is 5.41 Å². The largest absolute Gasteiger partial charge is 0.296 e. The number of hydrogen-bond acceptors (Lipinski definition) is 1. The van der Waals surface area contributed by atoms with Crippen molar-refractivity contribution in [1.82, 2.24) is 0 Å². The first kappa shape index (κ1) is 11.3. The number of nitrogens with zero attached hydrogens (tertiary/aromatic N) is 1. The first-order chi connectivity index (χ1) is 6.45. The van der Waals surface area contributed by atoms with Crippen molar-refractivity contribution in [3.05, 3.63) is 34.3 Å². The zero-order chi connectivity index (χ0) is 10.8. The summed E-state index contributed by atoms with van der Waals surface area (Å²) in [5.41, 5.74) is 2.36. The molecule has 0 N–H and O–H groups in total. The van der Waals surface area contributed by atoms with Gasteiger partial charge in [0.1, 0.15) is 0 Å². The second-order valence-electron chi connectivity index (χ2n) is 4.37. The summed E-state index contributed by atoms with van der Waals surface area (Å²) in [7, 11) is 1.74. The smallest absolute Gasteiger partial charge is 0.0496 e. The van der Waals surface area contributed by atoms with Crippen molar-refractivity contribution in [2.45, 2.75) is 26.2 Å². The van der Waals surface area contributed by atoms with Gasteiger partial charge in [0.2, 0.25) is 0 Å². The van der Waals surface area contributed by atoms with E-state index in [0.29, 0.717) is 0 Å². The Morgan fingerprint density at radius 3 is 2.36 bits per heavy atom. The van der Waals surface area contributed by atoms with E-state index < -0.39 is 0 Å². The Hall–Kier alpha value is -0.820. The molecule has 0 fully saturated rings. The van der Waals surface area contributed by atoms with Crippen LogP contribution in [0.25, 0.3) is 0 Å². The Bertz CT molecular complexity index is 348. The fraction of sp³-hybridized carbons (Fsp3) is 0.417. The molecule has 1 aromatic rings. The first-order valence-electron chi connectivity index (χ1n) is 4.67. The normalized spacial score (nSPS) is 12.4. The second-order valence-corrected chi connectivity index (χ2v) is 4.78. The van der Waals surface area contributed by atoms with Crippen LogP contribution < -0.4 is 0 Å². The van der Waals surface area contributed by atoms with E-state index in [9.17, 15) is 0 Å². The number of hydrogen-bond donors (Lipinski definition) is 0. The highest BCUT2D eigenvalue weighted by Crippen LogP contribution is 2.26.